The number of rotatable bonds is 8. The zero-order valence-electron chi connectivity index (χ0n) is 11.1. The summed E-state index contributed by atoms with van der Waals surface area (Å²) < 4.78 is 5.72. The normalized spacial score (nSPS) is 20.9. The minimum atomic E-state index is 0.514. The van der Waals surface area contributed by atoms with E-state index in [-0.39, 0.29) is 0 Å². The molecule has 1 heteroatoms. The first-order valence-corrected chi connectivity index (χ1v) is 7.10. The molecule has 0 aromatic rings. The van der Waals surface area contributed by atoms with E-state index in [1.165, 1.54) is 56.9 Å². The molecule has 16 heavy (non-hydrogen) atoms. The Balaban J connectivity index is 1.89. The van der Waals surface area contributed by atoms with Gasteiger partial charge in [-0.2, -0.15) is 0 Å². The summed E-state index contributed by atoms with van der Waals surface area (Å²) in [5.74, 6) is 0. The van der Waals surface area contributed by atoms with Crippen molar-refractivity contribution in [3.05, 3.63) is 11.6 Å². The molecule has 0 saturated carbocycles. The van der Waals surface area contributed by atoms with Crippen molar-refractivity contribution >= 4 is 0 Å². The Bertz CT molecular complexity index is 196. The Hall–Kier alpha value is -0.300. The van der Waals surface area contributed by atoms with Crippen molar-refractivity contribution in [2.24, 2.45) is 0 Å². The van der Waals surface area contributed by atoms with E-state index in [1.54, 1.807) is 0 Å². The Kier molecular flexibility index (Phi) is 7.58. The molecule has 0 spiro atoms. The highest BCUT2D eigenvalue weighted by atomic mass is 16.5. The summed E-state index contributed by atoms with van der Waals surface area (Å²) in [5, 5.41) is 0. The second kappa shape index (κ2) is 8.81. The molecule has 0 saturated heterocycles. The first-order valence-electron chi connectivity index (χ1n) is 7.10. The lowest BCUT2D eigenvalue weighted by atomic mass is 10.0. The van der Waals surface area contributed by atoms with Crippen molar-refractivity contribution in [2.45, 2.75) is 77.7 Å². The van der Waals surface area contributed by atoms with Crippen molar-refractivity contribution in [1.82, 2.24) is 0 Å². The molecule has 0 radical (unpaired) electrons. The summed E-state index contributed by atoms with van der Waals surface area (Å²) in [4.78, 5) is 0. The highest BCUT2D eigenvalue weighted by Crippen LogP contribution is 2.19. The lowest BCUT2D eigenvalue weighted by Gasteiger charge is -2.21. The van der Waals surface area contributed by atoms with Crippen LogP contribution >= 0.6 is 0 Å². The second-order valence-electron chi connectivity index (χ2n) is 5.12. The van der Waals surface area contributed by atoms with Gasteiger partial charge in [0.1, 0.15) is 0 Å². The maximum atomic E-state index is 5.72. The summed E-state index contributed by atoms with van der Waals surface area (Å²) in [6, 6.07) is 0. The van der Waals surface area contributed by atoms with Crippen LogP contribution in [0.4, 0.5) is 0 Å². The van der Waals surface area contributed by atoms with Crippen LogP contribution in [0.2, 0.25) is 0 Å². The number of hydrogen-bond acceptors (Lipinski definition) is 1. The Labute approximate surface area is 101 Å². The van der Waals surface area contributed by atoms with E-state index >= 15 is 0 Å². The topological polar surface area (TPSA) is 9.23 Å². The lowest BCUT2D eigenvalue weighted by Crippen LogP contribution is -2.17. The molecule has 0 bridgehead atoms. The van der Waals surface area contributed by atoms with Gasteiger partial charge in [-0.05, 0) is 19.8 Å². The molecule has 0 aromatic heterocycles. The molecule has 94 valence electrons. The quantitative estimate of drug-likeness (QED) is 0.422. The van der Waals surface area contributed by atoms with Crippen molar-refractivity contribution in [1.29, 1.82) is 0 Å². The fourth-order valence-electron chi connectivity index (χ4n) is 2.34. The molecule has 0 fully saturated rings. The monoisotopic (exact) mass is 224 g/mol. The lowest BCUT2D eigenvalue weighted by molar-refractivity contribution is 0.0563. The minimum absolute atomic E-state index is 0.514. The van der Waals surface area contributed by atoms with Crippen molar-refractivity contribution in [3.8, 4) is 0 Å². The van der Waals surface area contributed by atoms with E-state index in [1.807, 2.05) is 0 Å². The number of unbranched alkanes of at least 4 members (excludes halogenated alkanes) is 6. The molecular formula is C15H28O. The molecular weight excluding hydrogens is 196 g/mol. The zero-order chi connectivity index (χ0) is 11.6. The van der Waals surface area contributed by atoms with E-state index in [4.69, 9.17) is 4.74 Å². The van der Waals surface area contributed by atoms with E-state index < -0.39 is 0 Å². The number of hydrogen-bond donors (Lipinski definition) is 0. The number of ether oxygens (including phenoxy) is 1. The van der Waals surface area contributed by atoms with Crippen LogP contribution in [-0.4, -0.2) is 12.7 Å². The van der Waals surface area contributed by atoms with Gasteiger partial charge in [0.15, 0.2) is 0 Å². The van der Waals surface area contributed by atoms with Gasteiger partial charge in [0, 0.05) is 0 Å². The van der Waals surface area contributed by atoms with Crippen molar-refractivity contribution in [3.63, 3.8) is 0 Å². The van der Waals surface area contributed by atoms with Gasteiger partial charge in [-0.1, -0.05) is 63.5 Å². The van der Waals surface area contributed by atoms with Crippen LogP contribution in [0.25, 0.3) is 0 Å². The summed E-state index contributed by atoms with van der Waals surface area (Å²) in [5.41, 5.74) is 1.51. The summed E-state index contributed by atoms with van der Waals surface area (Å²) in [6.45, 7) is 5.34. The van der Waals surface area contributed by atoms with Gasteiger partial charge in [0.05, 0.1) is 12.7 Å². The van der Waals surface area contributed by atoms with Gasteiger partial charge in [0.25, 0.3) is 0 Å². The zero-order valence-corrected chi connectivity index (χ0v) is 11.1. The van der Waals surface area contributed by atoms with E-state index in [0.29, 0.717) is 6.10 Å². The smallest absolute Gasteiger partial charge is 0.0653 e. The first kappa shape index (κ1) is 13.8. The Morgan fingerprint density at radius 2 is 1.81 bits per heavy atom. The van der Waals surface area contributed by atoms with Gasteiger partial charge in [-0.3, -0.25) is 0 Å². The molecule has 1 nitrogen and oxygen atoms in total. The van der Waals surface area contributed by atoms with Crippen molar-refractivity contribution in [2.75, 3.05) is 6.61 Å². The van der Waals surface area contributed by atoms with Crippen LogP contribution in [0.15, 0.2) is 11.6 Å². The molecule has 1 atom stereocenters. The average molecular weight is 224 g/mol. The SMILES string of the molecule is CCCCCCCCCC1CC(C)=CCO1. The molecule has 1 heterocycles. The van der Waals surface area contributed by atoms with Crippen LogP contribution in [0.3, 0.4) is 0 Å². The van der Waals surface area contributed by atoms with Gasteiger partial charge >= 0.3 is 0 Å². The molecule has 1 unspecified atom stereocenters. The van der Waals surface area contributed by atoms with Gasteiger partial charge in [-0.25, -0.2) is 0 Å². The van der Waals surface area contributed by atoms with E-state index in [9.17, 15) is 0 Å². The third-order valence-corrected chi connectivity index (χ3v) is 3.44. The van der Waals surface area contributed by atoms with Crippen LogP contribution in [0.5, 0.6) is 0 Å². The highest BCUT2D eigenvalue weighted by molar-refractivity contribution is 5.02. The van der Waals surface area contributed by atoms with E-state index in [2.05, 4.69) is 19.9 Å². The van der Waals surface area contributed by atoms with Crippen molar-refractivity contribution < 1.29 is 4.74 Å². The Morgan fingerprint density at radius 3 is 2.50 bits per heavy atom. The standard InChI is InChI=1S/C15H28O/c1-3-4-5-6-7-8-9-10-15-13-14(2)11-12-16-15/h11,15H,3-10,12-13H2,1-2H3. The molecule has 1 rings (SSSR count). The molecule has 0 aromatic carbocycles. The predicted molar refractivity (Wildman–Crippen MR) is 70.7 cm³/mol. The molecule has 0 N–H and O–H groups in total. The highest BCUT2D eigenvalue weighted by Gasteiger charge is 2.12. The maximum absolute atomic E-state index is 5.72. The van der Waals surface area contributed by atoms with Crippen LogP contribution < -0.4 is 0 Å². The van der Waals surface area contributed by atoms with Gasteiger partial charge in [-0.15, -0.1) is 0 Å². The van der Waals surface area contributed by atoms with E-state index in [0.717, 1.165) is 13.0 Å². The third kappa shape index (κ3) is 6.32. The second-order valence-corrected chi connectivity index (χ2v) is 5.12. The predicted octanol–water partition coefficient (Wildman–Crippen LogP) is 4.86. The fraction of sp³-hybridized carbons (Fsp3) is 0.867. The average Bonchev–Trinajstić information content (AvgIpc) is 2.28. The Morgan fingerprint density at radius 1 is 1.12 bits per heavy atom. The fourth-order valence-corrected chi connectivity index (χ4v) is 2.34. The van der Waals surface area contributed by atoms with Crippen LogP contribution in [0.1, 0.15) is 71.6 Å². The minimum Gasteiger partial charge on any atom is -0.374 e. The molecule has 0 amide bonds. The summed E-state index contributed by atoms with van der Waals surface area (Å²) in [6.07, 6.45) is 14.9. The van der Waals surface area contributed by atoms with Gasteiger partial charge in [0.2, 0.25) is 0 Å². The van der Waals surface area contributed by atoms with Crippen LogP contribution in [-0.2, 0) is 4.74 Å². The maximum Gasteiger partial charge on any atom is 0.0653 e. The third-order valence-electron chi connectivity index (χ3n) is 3.44. The van der Waals surface area contributed by atoms with Crippen LogP contribution in [0, 0.1) is 0 Å². The summed E-state index contributed by atoms with van der Waals surface area (Å²) >= 11 is 0. The molecule has 1 aliphatic heterocycles. The largest absolute Gasteiger partial charge is 0.374 e. The van der Waals surface area contributed by atoms with Gasteiger partial charge < -0.3 is 4.74 Å². The first-order chi connectivity index (χ1) is 7.83. The summed E-state index contributed by atoms with van der Waals surface area (Å²) in [7, 11) is 0. The molecule has 0 aliphatic carbocycles. The molecule has 1 aliphatic rings.